The second-order valence-electron chi connectivity index (χ2n) is 2.59. The average Bonchev–Trinajstić information content (AvgIpc) is 2.66. The Morgan fingerprint density at radius 3 is 2.93 bits per heavy atom. The molecule has 0 saturated carbocycles. The van der Waals surface area contributed by atoms with E-state index in [0.29, 0.717) is 10.7 Å². The van der Waals surface area contributed by atoms with Crippen LogP contribution in [0.25, 0.3) is 10.7 Å². The summed E-state index contributed by atoms with van der Waals surface area (Å²) in [4.78, 5) is 13.7. The molecule has 72 valence electrons. The van der Waals surface area contributed by atoms with Crippen LogP contribution in [0.15, 0.2) is 23.0 Å². The highest BCUT2D eigenvalue weighted by molar-refractivity contribution is 7.18. The molecule has 0 aliphatic rings. The number of rotatable bonds is 2. The monoisotopic (exact) mass is 208 g/mol. The first-order chi connectivity index (χ1) is 6.79. The van der Waals surface area contributed by atoms with Crippen molar-refractivity contribution in [3.8, 4) is 10.7 Å². The van der Waals surface area contributed by atoms with Crippen molar-refractivity contribution < 1.29 is 0 Å². The van der Waals surface area contributed by atoms with Gasteiger partial charge in [0.2, 0.25) is 10.7 Å². The summed E-state index contributed by atoms with van der Waals surface area (Å²) in [7, 11) is 1.78. The van der Waals surface area contributed by atoms with Gasteiger partial charge in [0.05, 0.1) is 5.69 Å². The van der Waals surface area contributed by atoms with Gasteiger partial charge in [-0.25, -0.2) is 0 Å². The van der Waals surface area contributed by atoms with Crippen molar-refractivity contribution >= 4 is 16.5 Å². The first-order valence-electron chi connectivity index (χ1n) is 4.00. The number of H-pyrrole nitrogens is 1. The van der Waals surface area contributed by atoms with Gasteiger partial charge >= 0.3 is 0 Å². The van der Waals surface area contributed by atoms with Gasteiger partial charge in [0.15, 0.2) is 5.01 Å². The number of nitrogens with one attached hydrogen (secondary N) is 2. The Kier molecular flexibility index (Phi) is 2.28. The molecule has 0 unspecified atom stereocenters. The number of hydrogen-bond acceptors (Lipinski definition) is 5. The van der Waals surface area contributed by atoms with E-state index in [1.54, 1.807) is 19.2 Å². The molecule has 2 aromatic rings. The van der Waals surface area contributed by atoms with E-state index in [0.717, 1.165) is 5.13 Å². The molecule has 0 aromatic carbocycles. The van der Waals surface area contributed by atoms with Crippen LogP contribution in [-0.2, 0) is 0 Å². The van der Waals surface area contributed by atoms with E-state index < -0.39 is 0 Å². The van der Waals surface area contributed by atoms with Gasteiger partial charge < -0.3 is 10.3 Å². The predicted octanol–water partition coefficient (Wildman–Crippen LogP) is 0.935. The normalized spacial score (nSPS) is 10.1. The summed E-state index contributed by atoms with van der Waals surface area (Å²) in [5, 5.41) is 12.1. The molecule has 2 aromatic heterocycles. The summed E-state index contributed by atoms with van der Waals surface area (Å²) in [6.07, 6.45) is 0. The van der Waals surface area contributed by atoms with Gasteiger partial charge in [0, 0.05) is 13.1 Å². The largest absolute Gasteiger partial charge is 0.363 e. The Morgan fingerprint density at radius 2 is 2.29 bits per heavy atom. The molecule has 0 radical (unpaired) electrons. The van der Waals surface area contributed by atoms with Gasteiger partial charge in [-0.3, -0.25) is 4.79 Å². The molecule has 0 fully saturated rings. The van der Waals surface area contributed by atoms with E-state index in [1.165, 1.54) is 17.4 Å². The molecule has 0 spiro atoms. The van der Waals surface area contributed by atoms with Crippen molar-refractivity contribution in [2.75, 3.05) is 12.4 Å². The van der Waals surface area contributed by atoms with E-state index in [2.05, 4.69) is 20.5 Å². The van der Waals surface area contributed by atoms with E-state index in [-0.39, 0.29) is 5.56 Å². The molecule has 0 atom stereocenters. The summed E-state index contributed by atoms with van der Waals surface area (Å²) in [6, 6.07) is 4.94. The first kappa shape index (κ1) is 8.89. The third-order valence-corrected chi connectivity index (χ3v) is 2.61. The number of hydrogen-bond donors (Lipinski definition) is 2. The second kappa shape index (κ2) is 3.59. The van der Waals surface area contributed by atoms with Crippen molar-refractivity contribution in [2.45, 2.75) is 0 Å². The minimum Gasteiger partial charge on any atom is -0.363 e. The van der Waals surface area contributed by atoms with Gasteiger partial charge in [-0.2, -0.15) is 0 Å². The lowest BCUT2D eigenvalue weighted by Crippen LogP contribution is -2.03. The SMILES string of the molecule is CNc1nnc(-c2cccc(=O)[nH]2)s1. The summed E-state index contributed by atoms with van der Waals surface area (Å²) >= 11 is 1.39. The number of aromatic amines is 1. The average molecular weight is 208 g/mol. The molecular formula is C8H8N4OS. The van der Waals surface area contributed by atoms with Crippen molar-refractivity contribution in [3.63, 3.8) is 0 Å². The molecule has 0 aliphatic heterocycles. The topological polar surface area (TPSA) is 70.7 Å². The molecule has 0 saturated heterocycles. The maximum atomic E-state index is 11.0. The number of anilines is 1. The van der Waals surface area contributed by atoms with E-state index in [4.69, 9.17) is 0 Å². The molecule has 2 N–H and O–H groups in total. The third kappa shape index (κ3) is 1.64. The van der Waals surface area contributed by atoms with Crippen molar-refractivity contribution in [2.24, 2.45) is 0 Å². The second-order valence-corrected chi connectivity index (χ2v) is 3.57. The summed E-state index contributed by atoms with van der Waals surface area (Å²) in [5.41, 5.74) is 0.556. The molecule has 14 heavy (non-hydrogen) atoms. The lowest BCUT2D eigenvalue weighted by molar-refractivity contribution is 1.08. The Labute approximate surface area is 83.8 Å². The number of pyridine rings is 1. The standard InChI is InChI=1S/C8H8N4OS/c1-9-8-12-11-7(14-8)5-3-2-4-6(13)10-5/h2-4H,1H3,(H,9,12)(H,10,13). The van der Waals surface area contributed by atoms with Gasteiger partial charge in [0.25, 0.3) is 0 Å². The Balaban J connectivity index is 2.44. The van der Waals surface area contributed by atoms with Crippen molar-refractivity contribution in [1.29, 1.82) is 0 Å². The zero-order chi connectivity index (χ0) is 9.97. The number of nitrogens with zero attached hydrogens (tertiary/aromatic N) is 2. The molecule has 0 aliphatic carbocycles. The van der Waals surface area contributed by atoms with Crippen LogP contribution < -0.4 is 10.9 Å². The van der Waals surface area contributed by atoms with Crippen LogP contribution in [0.4, 0.5) is 5.13 Å². The predicted molar refractivity (Wildman–Crippen MR) is 55.5 cm³/mol. The van der Waals surface area contributed by atoms with E-state index >= 15 is 0 Å². The first-order valence-corrected chi connectivity index (χ1v) is 4.82. The van der Waals surface area contributed by atoms with Crippen LogP contribution in [0, 0.1) is 0 Å². The third-order valence-electron chi connectivity index (χ3n) is 1.64. The molecular weight excluding hydrogens is 200 g/mol. The minimum absolute atomic E-state index is 0.135. The molecule has 0 amide bonds. The van der Waals surface area contributed by atoms with E-state index in [9.17, 15) is 4.79 Å². The fourth-order valence-electron chi connectivity index (χ4n) is 1.01. The van der Waals surface area contributed by atoms with Gasteiger partial charge in [0.1, 0.15) is 0 Å². The highest BCUT2D eigenvalue weighted by Crippen LogP contribution is 2.22. The van der Waals surface area contributed by atoms with Crippen LogP contribution >= 0.6 is 11.3 Å². The minimum atomic E-state index is -0.135. The Morgan fingerprint density at radius 1 is 1.43 bits per heavy atom. The quantitative estimate of drug-likeness (QED) is 0.770. The van der Waals surface area contributed by atoms with Crippen molar-refractivity contribution in [1.82, 2.24) is 15.2 Å². The van der Waals surface area contributed by atoms with Crippen LogP contribution in [0.2, 0.25) is 0 Å². The molecule has 2 heterocycles. The smallest absolute Gasteiger partial charge is 0.248 e. The Bertz CT molecular complexity index is 490. The van der Waals surface area contributed by atoms with Crippen LogP contribution in [-0.4, -0.2) is 22.2 Å². The molecule has 6 heteroatoms. The summed E-state index contributed by atoms with van der Waals surface area (Å²) in [6.45, 7) is 0. The van der Waals surface area contributed by atoms with Crippen LogP contribution in [0.3, 0.4) is 0 Å². The lowest BCUT2D eigenvalue weighted by atomic mass is 10.4. The van der Waals surface area contributed by atoms with Crippen molar-refractivity contribution in [3.05, 3.63) is 28.6 Å². The molecule has 2 rings (SSSR count). The number of aromatic nitrogens is 3. The van der Waals surface area contributed by atoms with Gasteiger partial charge in [-0.05, 0) is 6.07 Å². The molecule has 5 nitrogen and oxygen atoms in total. The summed E-state index contributed by atoms with van der Waals surface area (Å²) < 4.78 is 0. The Hall–Kier alpha value is -1.69. The van der Waals surface area contributed by atoms with Crippen LogP contribution in [0.1, 0.15) is 0 Å². The maximum Gasteiger partial charge on any atom is 0.248 e. The maximum absolute atomic E-state index is 11.0. The highest BCUT2D eigenvalue weighted by atomic mass is 32.1. The van der Waals surface area contributed by atoms with E-state index in [1.807, 2.05) is 0 Å². The summed E-state index contributed by atoms with van der Waals surface area (Å²) in [5.74, 6) is 0. The van der Waals surface area contributed by atoms with Crippen LogP contribution in [0.5, 0.6) is 0 Å². The lowest BCUT2D eigenvalue weighted by Gasteiger charge is -1.92. The fourth-order valence-corrected chi connectivity index (χ4v) is 1.68. The van der Waals surface area contributed by atoms with Gasteiger partial charge in [-0.15, -0.1) is 10.2 Å². The fraction of sp³-hybridized carbons (Fsp3) is 0.125. The highest BCUT2D eigenvalue weighted by Gasteiger charge is 2.05. The molecule has 0 bridgehead atoms. The van der Waals surface area contributed by atoms with Gasteiger partial charge in [-0.1, -0.05) is 17.4 Å². The zero-order valence-electron chi connectivity index (χ0n) is 7.44. The zero-order valence-corrected chi connectivity index (χ0v) is 8.26.